The second-order valence-corrected chi connectivity index (χ2v) is 5.66. The van der Waals surface area contributed by atoms with E-state index in [1.54, 1.807) is 0 Å². The van der Waals surface area contributed by atoms with Crippen LogP contribution in [0.15, 0.2) is 36.5 Å². The monoisotopic (exact) mass is 340 g/mol. The van der Waals surface area contributed by atoms with Crippen molar-refractivity contribution in [3.63, 3.8) is 0 Å². The first kappa shape index (κ1) is 16.6. The van der Waals surface area contributed by atoms with Crippen LogP contribution >= 0.6 is 0 Å². The molecule has 0 spiro atoms. The Morgan fingerprint density at radius 3 is 2.56 bits per heavy atom. The number of hydrogen-bond donors (Lipinski definition) is 1. The maximum atomic E-state index is 12.5. The average Bonchev–Trinajstić information content (AvgIpc) is 3.13. The maximum absolute atomic E-state index is 12.5. The summed E-state index contributed by atoms with van der Waals surface area (Å²) in [4.78, 5) is 26.3. The summed E-state index contributed by atoms with van der Waals surface area (Å²) in [6.07, 6.45) is 1.03. The third-order valence-electron chi connectivity index (χ3n) is 4.23. The Kier molecular flexibility index (Phi) is 4.72. The van der Waals surface area contributed by atoms with E-state index in [1.807, 2.05) is 35.2 Å². The molecule has 0 radical (unpaired) electrons. The van der Waals surface area contributed by atoms with Crippen LogP contribution in [-0.4, -0.2) is 57.0 Å². The van der Waals surface area contributed by atoms with Crippen LogP contribution in [-0.2, 0) is 0 Å². The van der Waals surface area contributed by atoms with E-state index in [-0.39, 0.29) is 17.4 Å². The zero-order chi connectivity index (χ0) is 17.8. The second-order valence-electron chi connectivity index (χ2n) is 5.66. The van der Waals surface area contributed by atoms with E-state index >= 15 is 0 Å². The van der Waals surface area contributed by atoms with E-state index in [0.29, 0.717) is 26.2 Å². The number of aromatic nitrogens is 2. The first-order valence-electron chi connectivity index (χ1n) is 7.77. The quantitative estimate of drug-likeness (QED) is 0.662. The number of nitrogens with zero attached hydrogens (tertiary/aromatic N) is 5. The standard InChI is InChI=1S/C16H16N6O3/c17-10-13(12-4-2-1-3-5-12)20-6-8-21(9-7-20)16(23)15-14(22(24)25)11-18-19-15/h1-5,11,13H,6-9H2,(H,18,19). The van der Waals surface area contributed by atoms with Gasteiger partial charge in [-0.1, -0.05) is 30.3 Å². The minimum Gasteiger partial charge on any atom is -0.335 e. The van der Waals surface area contributed by atoms with E-state index in [1.165, 1.54) is 4.90 Å². The Bertz CT molecular complexity index is 805. The Labute approximate surface area is 143 Å². The number of nitriles is 1. The van der Waals surface area contributed by atoms with Crippen LogP contribution in [0.25, 0.3) is 0 Å². The molecule has 0 aliphatic carbocycles. The molecule has 9 nitrogen and oxygen atoms in total. The molecule has 1 aromatic carbocycles. The molecule has 1 atom stereocenters. The first-order chi connectivity index (χ1) is 12.1. The molecule has 3 rings (SSSR count). The van der Waals surface area contributed by atoms with Gasteiger partial charge in [0.05, 0.1) is 11.0 Å². The highest BCUT2D eigenvalue weighted by Gasteiger charge is 2.31. The first-order valence-corrected chi connectivity index (χ1v) is 7.77. The van der Waals surface area contributed by atoms with Crippen molar-refractivity contribution in [2.75, 3.05) is 26.2 Å². The third kappa shape index (κ3) is 3.34. The average molecular weight is 340 g/mol. The molecule has 1 aliphatic rings. The summed E-state index contributed by atoms with van der Waals surface area (Å²) >= 11 is 0. The number of amides is 1. The zero-order valence-corrected chi connectivity index (χ0v) is 13.3. The predicted molar refractivity (Wildman–Crippen MR) is 87.5 cm³/mol. The summed E-state index contributed by atoms with van der Waals surface area (Å²) in [5.41, 5.74) is 0.471. The lowest BCUT2D eigenvalue weighted by Gasteiger charge is -2.36. The van der Waals surface area contributed by atoms with Crippen LogP contribution in [0.1, 0.15) is 22.1 Å². The number of piperazine rings is 1. The highest BCUT2D eigenvalue weighted by molar-refractivity contribution is 5.96. The zero-order valence-electron chi connectivity index (χ0n) is 13.3. The molecular formula is C16H16N6O3. The molecule has 1 N–H and O–H groups in total. The van der Waals surface area contributed by atoms with E-state index in [2.05, 4.69) is 16.3 Å². The fourth-order valence-corrected chi connectivity index (χ4v) is 2.92. The highest BCUT2D eigenvalue weighted by Crippen LogP contribution is 2.23. The van der Waals surface area contributed by atoms with Gasteiger partial charge in [-0.3, -0.25) is 24.9 Å². The van der Waals surface area contributed by atoms with Gasteiger partial charge in [0.1, 0.15) is 12.2 Å². The van der Waals surface area contributed by atoms with Crippen molar-refractivity contribution in [3.05, 3.63) is 57.9 Å². The van der Waals surface area contributed by atoms with Gasteiger partial charge in [-0.25, -0.2) is 0 Å². The lowest BCUT2D eigenvalue weighted by Crippen LogP contribution is -2.49. The van der Waals surface area contributed by atoms with Gasteiger partial charge in [-0.2, -0.15) is 10.4 Å². The van der Waals surface area contributed by atoms with Crippen molar-refractivity contribution in [1.82, 2.24) is 20.0 Å². The molecule has 2 heterocycles. The van der Waals surface area contributed by atoms with Gasteiger partial charge in [0.15, 0.2) is 0 Å². The van der Waals surface area contributed by atoms with Gasteiger partial charge < -0.3 is 4.90 Å². The predicted octanol–water partition coefficient (Wildman–Crippen LogP) is 1.34. The third-order valence-corrected chi connectivity index (χ3v) is 4.23. The number of carbonyl (C=O) groups is 1. The summed E-state index contributed by atoms with van der Waals surface area (Å²) in [7, 11) is 0. The Morgan fingerprint density at radius 2 is 1.96 bits per heavy atom. The lowest BCUT2D eigenvalue weighted by molar-refractivity contribution is -0.385. The van der Waals surface area contributed by atoms with Crippen LogP contribution in [0.4, 0.5) is 5.69 Å². The van der Waals surface area contributed by atoms with E-state index in [0.717, 1.165) is 11.8 Å². The molecule has 0 bridgehead atoms. The summed E-state index contributed by atoms with van der Waals surface area (Å²) < 4.78 is 0. The molecular weight excluding hydrogens is 324 g/mol. The molecule has 25 heavy (non-hydrogen) atoms. The Hall–Kier alpha value is -3.25. The molecule has 1 saturated heterocycles. The molecule has 0 saturated carbocycles. The van der Waals surface area contributed by atoms with Gasteiger partial charge in [-0.05, 0) is 5.56 Å². The van der Waals surface area contributed by atoms with Crippen molar-refractivity contribution in [2.45, 2.75) is 6.04 Å². The molecule has 1 unspecified atom stereocenters. The summed E-state index contributed by atoms with van der Waals surface area (Å²) in [6.45, 7) is 1.81. The minimum atomic E-state index is -0.631. The minimum absolute atomic E-state index is 0.113. The number of hydrogen-bond acceptors (Lipinski definition) is 6. The normalized spacial score (nSPS) is 16.2. The number of nitro groups is 1. The van der Waals surface area contributed by atoms with Crippen LogP contribution in [0, 0.1) is 21.4 Å². The topological polar surface area (TPSA) is 119 Å². The van der Waals surface area contributed by atoms with Crippen LogP contribution in [0.2, 0.25) is 0 Å². The van der Waals surface area contributed by atoms with Crippen molar-refractivity contribution >= 4 is 11.6 Å². The fraction of sp³-hybridized carbons (Fsp3) is 0.312. The van der Waals surface area contributed by atoms with Gasteiger partial charge in [-0.15, -0.1) is 0 Å². The number of carbonyl (C=O) groups excluding carboxylic acids is 1. The van der Waals surface area contributed by atoms with Gasteiger partial charge in [0.2, 0.25) is 5.69 Å². The summed E-state index contributed by atoms with van der Waals surface area (Å²) in [5, 5.41) is 26.4. The maximum Gasteiger partial charge on any atom is 0.319 e. The summed E-state index contributed by atoms with van der Waals surface area (Å²) in [5.74, 6) is -0.447. The molecule has 1 aromatic heterocycles. The van der Waals surface area contributed by atoms with E-state index < -0.39 is 10.8 Å². The van der Waals surface area contributed by atoms with Crippen molar-refractivity contribution in [3.8, 4) is 6.07 Å². The van der Waals surface area contributed by atoms with Gasteiger partial charge in [0.25, 0.3) is 5.91 Å². The molecule has 1 amide bonds. The Morgan fingerprint density at radius 1 is 1.28 bits per heavy atom. The van der Waals surface area contributed by atoms with Crippen LogP contribution < -0.4 is 0 Å². The van der Waals surface area contributed by atoms with E-state index in [4.69, 9.17) is 0 Å². The van der Waals surface area contributed by atoms with Crippen LogP contribution in [0.5, 0.6) is 0 Å². The van der Waals surface area contributed by atoms with Gasteiger partial charge in [0, 0.05) is 26.2 Å². The highest BCUT2D eigenvalue weighted by atomic mass is 16.6. The van der Waals surface area contributed by atoms with E-state index in [9.17, 15) is 20.2 Å². The summed E-state index contributed by atoms with van der Waals surface area (Å²) in [6, 6.07) is 11.4. The number of aromatic amines is 1. The molecule has 128 valence electrons. The van der Waals surface area contributed by atoms with Crippen molar-refractivity contribution in [1.29, 1.82) is 5.26 Å². The number of benzene rings is 1. The van der Waals surface area contributed by atoms with Gasteiger partial charge >= 0.3 is 5.69 Å². The van der Waals surface area contributed by atoms with Crippen molar-refractivity contribution in [2.24, 2.45) is 0 Å². The smallest absolute Gasteiger partial charge is 0.319 e. The SMILES string of the molecule is N#CC(c1ccccc1)N1CCN(C(=O)c2[nH]ncc2[N+](=O)[O-])CC1. The molecule has 1 fully saturated rings. The second kappa shape index (κ2) is 7.11. The number of rotatable bonds is 4. The van der Waals surface area contributed by atoms with Crippen LogP contribution in [0.3, 0.4) is 0 Å². The molecule has 2 aromatic rings. The largest absolute Gasteiger partial charge is 0.335 e. The fourth-order valence-electron chi connectivity index (χ4n) is 2.92. The molecule has 9 heteroatoms. The lowest BCUT2D eigenvalue weighted by atomic mass is 10.1. The van der Waals surface area contributed by atoms with Crippen molar-refractivity contribution < 1.29 is 9.72 Å². The number of nitrogens with one attached hydrogen (secondary N) is 1. The molecule has 1 aliphatic heterocycles. The number of H-pyrrole nitrogens is 1. The Balaban J connectivity index is 1.67.